The van der Waals surface area contributed by atoms with Crippen molar-refractivity contribution in [3.63, 3.8) is 0 Å². The first-order chi connectivity index (χ1) is 3.79. The monoisotopic (exact) mass is 169 g/mol. The lowest BCUT2D eigenvalue weighted by atomic mass is 10.2. The first kappa shape index (κ1) is 5.74. The molecule has 40 valence electrons. The number of hydrogen-bond donors (Lipinski definition) is 0. The van der Waals surface area contributed by atoms with Gasteiger partial charge in [-0.15, -0.1) is 0 Å². The van der Waals surface area contributed by atoms with Gasteiger partial charge in [-0.25, -0.2) is 0 Å². The normalized spacial score (nSPS) is 16.8. The second-order valence-electron chi connectivity index (χ2n) is 1.69. The molecule has 0 aromatic rings. The van der Waals surface area contributed by atoms with Crippen LogP contribution in [0.5, 0.6) is 0 Å². The molecule has 0 heterocycles. The molecule has 0 aromatic heterocycles. The Balaban J connectivity index is 2.86. The van der Waals surface area contributed by atoms with Crippen LogP contribution in [-0.2, 0) is 0 Å². The molecule has 1 heteroatoms. The largest absolute Gasteiger partial charge is 0.129 e. The van der Waals surface area contributed by atoms with E-state index < -0.39 is 0 Å². The van der Waals surface area contributed by atoms with Crippen LogP contribution in [0, 0.1) is 6.08 Å². The van der Waals surface area contributed by atoms with Crippen molar-refractivity contribution in [1.29, 1.82) is 0 Å². The molecule has 0 radical (unpaired) electrons. The van der Waals surface area contributed by atoms with Crippen molar-refractivity contribution in [2.45, 2.75) is 6.92 Å². The quantitative estimate of drug-likeness (QED) is 0.490. The van der Waals surface area contributed by atoms with Gasteiger partial charge in [-0.3, -0.25) is 0 Å². The molecule has 0 unspecified atom stereocenters. The third kappa shape index (κ3) is 1.29. The van der Waals surface area contributed by atoms with E-state index in [-0.39, 0.29) is 0 Å². The van der Waals surface area contributed by atoms with Gasteiger partial charge in [0.15, 0.2) is 0 Å². The highest BCUT2D eigenvalue weighted by molar-refractivity contribution is 9.11. The molecule has 0 spiro atoms. The minimum Gasteiger partial charge on any atom is -0.00564 e. The van der Waals surface area contributed by atoms with Gasteiger partial charge < -0.3 is 0 Å². The number of allylic oxidation sites excluding steroid dienone is 6. The molecule has 1 aliphatic carbocycles. The molecule has 0 N–H and O–H groups in total. The van der Waals surface area contributed by atoms with Crippen molar-refractivity contribution in [3.05, 3.63) is 34.4 Å². The summed E-state index contributed by atoms with van der Waals surface area (Å²) in [5.41, 5.74) is 1.17. The van der Waals surface area contributed by atoms with E-state index in [1.54, 1.807) is 0 Å². The van der Waals surface area contributed by atoms with E-state index >= 15 is 0 Å². The molecular weight excluding hydrogens is 164 g/mol. The predicted molar refractivity (Wildman–Crippen MR) is 38.6 cm³/mol. The van der Waals surface area contributed by atoms with E-state index in [4.69, 9.17) is 0 Å². The summed E-state index contributed by atoms with van der Waals surface area (Å²) >= 11 is 3.31. The lowest BCUT2D eigenvalue weighted by Crippen LogP contribution is -1.74. The molecule has 1 rings (SSSR count). The zero-order valence-electron chi connectivity index (χ0n) is 4.61. The van der Waals surface area contributed by atoms with E-state index in [0.717, 1.165) is 4.48 Å². The van der Waals surface area contributed by atoms with Crippen LogP contribution in [0.25, 0.3) is 0 Å². The maximum Gasteiger partial charge on any atom is 0.129 e. The van der Waals surface area contributed by atoms with Gasteiger partial charge in [-0.05, 0) is 6.92 Å². The lowest BCUT2D eigenvalue weighted by molar-refractivity contribution is 1.47. The number of rotatable bonds is 0. The van der Waals surface area contributed by atoms with E-state index in [1.165, 1.54) is 5.57 Å². The van der Waals surface area contributed by atoms with E-state index in [0.29, 0.717) is 0 Å². The Morgan fingerprint density at radius 3 is 2.62 bits per heavy atom. The van der Waals surface area contributed by atoms with Crippen LogP contribution in [0.4, 0.5) is 0 Å². The third-order valence-electron chi connectivity index (χ3n) is 0.930. The fourth-order valence-corrected chi connectivity index (χ4v) is 0.730. The van der Waals surface area contributed by atoms with Crippen molar-refractivity contribution >= 4 is 15.9 Å². The highest BCUT2D eigenvalue weighted by Crippen LogP contribution is 2.13. The molecule has 0 fully saturated rings. The van der Waals surface area contributed by atoms with E-state index in [2.05, 4.69) is 22.0 Å². The average molecular weight is 170 g/mol. The van der Waals surface area contributed by atoms with Crippen molar-refractivity contribution < 1.29 is 0 Å². The van der Waals surface area contributed by atoms with Crippen LogP contribution in [0.1, 0.15) is 6.92 Å². The van der Waals surface area contributed by atoms with Crippen molar-refractivity contribution in [2.24, 2.45) is 0 Å². The molecule has 0 amide bonds. The number of hydrogen-bond acceptors (Lipinski definition) is 0. The molecular formula is C7H6Br+. The second-order valence-corrected chi connectivity index (χ2v) is 2.61. The highest BCUT2D eigenvalue weighted by Gasteiger charge is 2.00. The van der Waals surface area contributed by atoms with Crippen LogP contribution in [0.3, 0.4) is 0 Å². The summed E-state index contributed by atoms with van der Waals surface area (Å²) in [6.45, 7) is 2.02. The SMILES string of the molecule is CC1=[C+]C=C(Br)C=C1. The number of halogens is 1. The second kappa shape index (κ2) is 2.25. The van der Waals surface area contributed by atoms with Gasteiger partial charge in [-0.1, -0.05) is 0 Å². The average Bonchev–Trinajstić information content (AvgIpc) is 1.77. The Morgan fingerprint density at radius 1 is 1.50 bits per heavy atom. The Bertz CT molecular complexity index is 153. The van der Waals surface area contributed by atoms with Gasteiger partial charge >= 0.3 is 0 Å². The summed E-state index contributed by atoms with van der Waals surface area (Å²) < 4.78 is 1.09. The highest BCUT2D eigenvalue weighted by atomic mass is 79.9. The molecule has 0 aliphatic heterocycles. The van der Waals surface area contributed by atoms with Gasteiger partial charge in [-0.2, -0.15) is 0 Å². The molecule has 0 aromatic carbocycles. The molecule has 1 aliphatic rings. The Morgan fingerprint density at radius 2 is 2.25 bits per heavy atom. The first-order valence-corrected chi connectivity index (χ1v) is 3.22. The molecule has 8 heavy (non-hydrogen) atoms. The minimum absolute atomic E-state index is 1.09. The molecule has 0 saturated heterocycles. The van der Waals surface area contributed by atoms with Gasteiger partial charge in [0, 0.05) is 22.0 Å². The summed E-state index contributed by atoms with van der Waals surface area (Å²) in [4.78, 5) is 0. The standard InChI is InChI=1S/C7H6Br/c1-6-2-4-7(8)5-3-6/h2,4-5H,1H3/q+1. The summed E-state index contributed by atoms with van der Waals surface area (Å²) in [7, 11) is 0. The third-order valence-corrected chi connectivity index (χ3v) is 1.42. The molecule has 0 nitrogen and oxygen atoms in total. The van der Waals surface area contributed by atoms with Crippen molar-refractivity contribution in [2.75, 3.05) is 0 Å². The predicted octanol–water partition coefficient (Wildman–Crippen LogP) is 2.58. The molecule has 0 bridgehead atoms. The lowest BCUT2D eigenvalue weighted by Gasteiger charge is -1.82. The Hall–Kier alpha value is -0.390. The van der Waals surface area contributed by atoms with Crippen LogP contribution in [0.15, 0.2) is 28.3 Å². The van der Waals surface area contributed by atoms with E-state index in [9.17, 15) is 0 Å². The van der Waals surface area contributed by atoms with Crippen LogP contribution in [-0.4, -0.2) is 0 Å². The maximum absolute atomic E-state index is 3.31. The maximum atomic E-state index is 3.31. The van der Waals surface area contributed by atoms with Crippen LogP contribution in [0.2, 0.25) is 0 Å². The Kier molecular flexibility index (Phi) is 1.62. The van der Waals surface area contributed by atoms with Gasteiger partial charge in [0.2, 0.25) is 0 Å². The summed E-state index contributed by atoms with van der Waals surface area (Å²) in [5, 5.41) is 0. The molecule has 0 saturated carbocycles. The van der Waals surface area contributed by atoms with Crippen molar-refractivity contribution in [1.82, 2.24) is 0 Å². The molecule has 0 atom stereocenters. The summed E-state index contributed by atoms with van der Waals surface area (Å²) in [6.07, 6.45) is 8.99. The smallest absolute Gasteiger partial charge is 0.00564 e. The first-order valence-electron chi connectivity index (χ1n) is 2.43. The van der Waals surface area contributed by atoms with Gasteiger partial charge in [0.05, 0.1) is 12.2 Å². The van der Waals surface area contributed by atoms with Crippen molar-refractivity contribution in [3.8, 4) is 0 Å². The van der Waals surface area contributed by atoms with Gasteiger partial charge in [0.25, 0.3) is 0 Å². The Labute approximate surface area is 57.7 Å². The summed E-state index contributed by atoms with van der Waals surface area (Å²) in [5.74, 6) is 0. The van der Waals surface area contributed by atoms with Crippen LogP contribution >= 0.6 is 15.9 Å². The zero-order chi connectivity index (χ0) is 5.98. The fourth-order valence-electron chi connectivity index (χ4n) is 0.484. The van der Waals surface area contributed by atoms with E-state index in [1.807, 2.05) is 25.2 Å². The van der Waals surface area contributed by atoms with Gasteiger partial charge in [0.1, 0.15) is 16.1 Å². The fraction of sp³-hybridized carbons (Fsp3) is 0.143. The topological polar surface area (TPSA) is 0 Å². The summed E-state index contributed by atoms with van der Waals surface area (Å²) in [6, 6.07) is 0. The van der Waals surface area contributed by atoms with Crippen LogP contribution < -0.4 is 0 Å². The minimum atomic E-state index is 1.09. The zero-order valence-corrected chi connectivity index (χ0v) is 6.20.